The number of rotatable bonds is 7. The summed E-state index contributed by atoms with van der Waals surface area (Å²) in [6.45, 7) is 3.00. The molecule has 1 N–H and O–H groups in total. The molecule has 0 saturated heterocycles. The lowest BCUT2D eigenvalue weighted by molar-refractivity contribution is 0.183. The van der Waals surface area contributed by atoms with E-state index in [1.807, 2.05) is 60.8 Å². The monoisotopic (exact) mass is 388 g/mol. The molecule has 1 unspecified atom stereocenters. The molecule has 0 aliphatic rings. The van der Waals surface area contributed by atoms with Gasteiger partial charge in [0.2, 0.25) is 0 Å². The number of urea groups is 1. The highest BCUT2D eigenvalue weighted by Gasteiger charge is 2.20. The zero-order valence-electron chi connectivity index (χ0n) is 14.5. The van der Waals surface area contributed by atoms with Gasteiger partial charge in [0.15, 0.2) is 0 Å². The maximum atomic E-state index is 13.0. The molecule has 3 aromatic rings. The molecule has 4 nitrogen and oxygen atoms in total. The first kappa shape index (κ1) is 18.5. The number of nitrogens with zero attached hydrogens (tertiary/aromatic N) is 1. The lowest BCUT2D eigenvalue weighted by Gasteiger charge is -2.25. The van der Waals surface area contributed by atoms with E-state index in [9.17, 15) is 4.79 Å². The van der Waals surface area contributed by atoms with Crippen LogP contribution >= 0.6 is 22.9 Å². The smallest absolute Gasteiger partial charge is 0.318 e. The van der Waals surface area contributed by atoms with Crippen molar-refractivity contribution in [1.82, 2.24) is 10.2 Å². The number of amides is 2. The fraction of sp³-hybridized carbons (Fsp3) is 0.250. The summed E-state index contributed by atoms with van der Waals surface area (Å²) in [6, 6.07) is 15.1. The van der Waals surface area contributed by atoms with E-state index in [-0.39, 0.29) is 12.1 Å². The fourth-order valence-electron chi connectivity index (χ4n) is 2.77. The third-order valence-corrected chi connectivity index (χ3v) is 5.19. The van der Waals surface area contributed by atoms with E-state index in [2.05, 4.69) is 5.32 Å². The molecule has 0 spiro atoms. The Kier molecular flexibility index (Phi) is 6.36. The number of carbonyl (C=O) groups is 1. The lowest BCUT2D eigenvalue weighted by atomic mass is 10.0. The summed E-state index contributed by atoms with van der Waals surface area (Å²) in [6.07, 6.45) is 2.40. The zero-order chi connectivity index (χ0) is 18.4. The molecule has 26 heavy (non-hydrogen) atoms. The topological polar surface area (TPSA) is 45.5 Å². The zero-order valence-corrected chi connectivity index (χ0v) is 16.1. The molecule has 2 heterocycles. The van der Waals surface area contributed by atoms with E-state index in [1.54, 1.807) is 22.5 Å². The summed E-state index contributed by atoms with van der Waals surface area (Å²) in [5.41, 5.74) is 1.00. The third kappa shape index (κ3) is 4.90. The minimum atomic E-state index is -0.123. The number of benzene rings is 1. The van der Waals surface area contributed by atoms with Gasteiger partial charge in [0, 0.05) is 9.90 Å². The van der Waals surface area contributed by atoms with Gasteiger partial charge >= 0.3 is 6.03 Å². The van der Waals surface area contributed by atoms with E-state index in [1.165, 1.54) is 0 Å². The van der Waals surface area contributed by atoms with Crippen molar-refractivity contribution in [3.05, 3.63) is 81.4 Å². The molecular formula is C20H21ClN2O2S. The first-order valence-electron chi connectivity index (χ1n) is 8.51. The molecule has 6 heteroatoms. The van der Waals surface area contributed by atoms with Crippen molar-refractivity contribution in [3.8, 4) is 0 Å². The summed E-state index contributed by atoms with van der Waals surface area (Å²) in [7, 11) is 0. The average molecular weight is 389 g/mol. The summed E-state index contributed by atoms with van der Waals surface area (Å²) in [5, 5.41) is 5.81. The van der Waals surface area contributed by atoms with Crippen molar-refractivity contribution in [2.45, 2.75) is 32.5 Å². The van der Waals surface area contributed by atoms with Crippen LogP contribution in [0, 0.1) is 0 Å². The standard InChI is InChI=1S/C20H21ClN2O2S/c1-2-19(15-6-3-7-16(21)12-15)22-20(24)23(13-17-8-4-10-25-17)14-18-9-5-11-26-18/h3-12,19H,2,13-14H2,1H3,(H,22,24). The van der Waals surface area contributed by atoms with Crippen LogP contribution in [0.2, 0.25) is 5.02 Å². The second kappa shape index (κ2) is 8.92. The Morgan fingerprint density at radius 3 is 2.77 bits per heavy atom. The summed E-state index contributed by atoms with van der Waals surface area (Å²) in [5.74, 6) is 0.757. The second-order valence-corrected chi connectivity index (χ2v) is 7.45. The number of halogens is 1. The predicted octanol–water partition coefficient (Wildman–Crippen LogP) is 5.86. The second-order valence-electron chi connectivity index (χ2n) is 5.98. The quantitative estimate of drug-likeness (QED) is 0.551. The summed E-state index contributed by atoms with van der Waals surface area (Å²) in [4.78, 5) is 15.9. The van der Waals surface area contributed by atoms with Crippen molar-refractivity contribution in [1.29, 1.82) is 0 Å². The van der Waals surface area contributed by atoms with Gasteiger partial charge in [-0.1, -0.05) is 36.7 Å². The predicted molar refractivity (Wildman–Crippen MR) is 105 cm³/mol. The van der Waals surface area contributed by atoms with Crippen LogP contribution in [-0.4, -0.2) is 10.9 Å². The van der Waals surface area contributed by atoms with Crippen LogP contribution in [-0.2, 0) is 13.1 Å². The van der Waals surface area contributed by atoms with Gasteiger partial charge in [0.1, 0.15) is 5.76 Å². The number of hydrogen-bond donors (Lipinski definition) is 1. The van der Waals surface area contributed by atoms with E-state index in [0.29, 0.717) is 18.1 Å². The van der Waals surface area contributed by atoms with Crippen LogP contribution in [0.1, 0.15) is 35.6 Å². The Morgan fingerprint density at radius 1 is 1.23 bits per heavy atom. The highest BCUT2D eigenvalue weighted by atomic mass is 35.5. The molecule has 0 aliphatic heterocycles. The third-order valence-electron chi connectivity index (χ3n) is 4.10. The maximum Gasteiger partial charge on any atom is 0.318 e. The minimum absolute atomic E-state index is 0.0939. The van der Waals surface area contributed by atoms with Gasteiger partial charge in [-0.2, -0.15) is 0 Å². The summed E-state index contributed by atoms with van der Waals surface area (Å²) < 4.78 is 5.43. The fourth-order valence-corrected chi connectivity index (χ4v) is 3.68. The van der Waals surface area contributed by atoms with Crippen LogP contribution in [0.3, 0.4) is 0 Å². The Morgan fingerprint density at radius 2 is 2.12 bits per heavy atom. The molecule has 3 rings (SSSR count). The van der Waals surface area contributed by atoms with Crippen LogP contribution in [0.4, 0.5) is 4.79 Å². The van der Waals surface area contributed by atoms with Crippen LogP contribution in [0.5, 0.6) is 0 Å². The Labute approximate surface area is 162 Å². The van der Waals surface area contributed by atoms with Gasteiger partial charge in [0.05, 0.1) is 25.4 Å². The highest BCUT2D eigenvalue weighted by Crippen LogP contribution is 2.22. The van der Waals surface area contributed by atoms with Gasteiger partial charge in [-0.05, 0) is 47.7 Å². The molecule has 0 fully saturated rings. The molecule has 136 valence electrons. The molecule has 0 aliphatic carbocycles. The number of thiophene rings is 1. The van der Waals surface area contributed by atoms with Gasteiger partial charge in [0.25, 0.3) is 0 Å². The van der Waals surface area contributed by atoms with Crippen molar-refractivity contribution in [2.24, 2.45) is 0 Å². The Balaban J connectivity index is 1.74. The minimum Gasteiger partial charge on any atom is -0.467 e. The molecule has 2 aromatic heterocycles. The van der Waals surface area contributed by atoms with E-state index in [0.717, 1.165) is 22.6 Å². The van der Waals surface area contributed by atoms with Gasteiger partial charge in [-0.15, -0.1) is 11.3 Å². The molecule has 0 saturated carbocycles. The average Bonchev–Trinajstić information content (AvgIpc) is 3.33. The van der Waals surface area contributed by atoms with Crippen LogP contribution in [0.15, 0.2) is 64.6 Å². The normalized spacial score (nSPS) is 11.9. The highest BCUT2D eigenvalue weighted by molar-refractivity contribution is 7.09. The van der Waals surface area contributed by atoms with Crippen molar-refractivity contribution < 1.29 is 9.21 Å². The van der Waals surface area contributed by atoms with E-state index >= 15 is 0 Å². The lowest BCUT2D eigenvalue weighted by Crippen LogP contribution is -2.40. The van der Waals surface area contributed by atoms with E-state index in [4.69, 9.17) is 16.0 Å². The molecule has 0 bridgehead atoms. The Hall–Kier alpha value is -2.24. The van der Waals surface area contributed by atoms with Crippen LogP contribution < -0.4 is 5.32 Å². The molecule has 0 radical (unpaired) electrons. The molecule has 1 atom stereocenters. The van der Waals surface area contributed by atoms with Crippen molar-refractivity contribution in [3.63, 3.8) is 0 Å². The van der Waals surface area contributed by atoms with Crippen molar-refractivity contribution >= 4 is 29.0 Å². The number of carbonyl (C=O) groups excluding carboxylic acids is 1. The first-order chi connectivity index (χ1) is 12.7. The molecule has 1 aromatic carbocycles. The molecule has 2 amide bonds. The van der Waals surface area contributed by atoms with Gasteiger partial charge in [-0.25, -0.2) is 4.79 Å². The SMILES string of the molecule is CCC(NC(=O)N(Cc1ccco1)Cc1cccs1)c1cccc(Cl)c1. The van der Waals surface area contributed by atoms with Gasteiger partial charge < -0.3 is 14.6 Å². The first-order valence-corrected chi connectivity index (χ1v) is 9.77. The maximum absolute atomic E-state index is 13.0. The van der Waals surface area contributed by atoms with Crippen LogP contribution in [0.25, 0.3) is 0 Å². The molecular weight excluding hydrogens is 368 g/mol. The number of furan rings is 1. The largest absolute Gasteiger partial charge is 0.467 e. The Bertz CT molecular complexity index is 782. The van der Waals surface area contributed by atoms with Gasteiger partial charge in [-0.3, -0.25) is 0 Å². The number of nitrogens with one attached hydrogen (secondary N) is 1. The van der Waals surface area contributed by atoms with Crippen molar-refractivity contribution in [2.75, 3.05) is 0 Å². The van der Waals surface area contributed by atoms with E-state index < -0.39 is 0 Å². The summed E-state index contributed by atoms with van der Waals surface area (Å²) >= 11 is 7.74. The number of hydrogen-bond acceptors (Lipinski definition) is 3.